The largest absolute Gasteiger partial charge is 0.456 e. The molecule has 0 unspecified atom stereocenters. The molecule has 0 aliphatic carbocycles. The highest BCUT2D eigenvalue weighted by Crippen LogP contribution is 2.45. The van der Waals surface area contributed by atoms with Gasteiger partial charge in [0, 0.05) is 43.7 Å². The van der Waals surface area contributed by atoms with Crippen LogP contribution in [0.1, 0.15) is 0 Å². The molecule has 0 bridgehead atoms. The van der Waals surface area contributed by atoms with Crippen molar-refractivity contribution in [2.75, 3.05) is 4.90 Å². The Morgan fingerprint density at radius 1 is 0.347 bits per heavy atom. The first-order valence-corrected chi connectivity index (χ1v) is 16.6. The van der Waals surface area contributed by atoms with Crippen molar-refractivity contribution in [1.29, 1.82) is 0 Å². The van der Waals surface area contributed by atoms with Crippen LogP contribution < -0.4 is 4.90 Å². The number of furan rings is 2. The summed E-state index contributed by atoms with van der Waals surface area (Å²) >= 11 is 0. The zero-order valence-electron chi connectivity index (χ0n) is 26.5. The summed E-state index contributed by atoms with van der Waals surface area (Å²) in [7, 11) is 0. The Morgan fingerprint density at radius 2 is 0.918 bits per heavy atom. The predicted molar refractivity (Wildman–Crippen MR) is 204 cm³/mol. The Bertz CT molecular complexity index is 2830. The van der Waals surface area contributed by atoms with E-state index in [4.69, 9.17) is 8.83 Å². The van der Waals surface area contributed by atoms with Crippen LogP contribution in [0, 0.1) is 0 Å². The molecule has 10 aromatic rings. The van der Waals surface area contributed by atoms with Crippen LogP contribution in [0.3, 0.4) is 0 Å². The van der Waals surface area contributed by atoms with Gasteiger partial charge in [0.2, 0.25) is 0 Å². The molecule has 3 heteroatoms. The van der Waals surface area contributed by atoms with Crippen molar-refractivity contribution in [1.82, 2.24) is 0 Å². The first-order valence-electron chi connectivity index (χ1n) is 16.6. The molecule has 0 aliphatic rings. The molecule has 0 radical (unpaired) electrons. The molecule has 0 amide bonds. The lowest BCUT2D eigenvalue weighted by atomic mass is 9.98. The highest BCUT2D eigenvalue weighted by molar-refractivity contribution is 6.10. The number of fused-ring (bicyclic) bond motifs is 7. The quantitative estimate of drug-likeness (QED) is 0.190. The van der Waals surface area contributed by atoms with Crippen LogP contribution >= 0.6 is 0 Å². The molecular formula is C46H29NO2. The highest BCUT2D eigenvalue weighted by atomic mass is 16.3. The maximum absolute atomic E-state index is 6.40. The second-order valence-corrected chi connectivity index (χ2v) is 12.5. The summed E-state index contributed by atoms with van der Waals surface area (Å²) in [5, 5.41) is 6.89. The fraction of sp³-hybridized carbons (Fsp3) is 0. The van der Waals surface area contributed by atoms with Crippen LogP contribution in [-0.4, -0.2) is 0 Å². The Kier molecular flexibility index (Phi) is 6.18. The normalized spacial score (nSPS) is 11.7. The molecule has 2 heterocycles. The fourth-order valence-corrected chi connectivity index (χ4v) is 7.38. The maximum Gasteiger partial charge on any atom is 0.143 e. The summed E-state index contributed by atoms with van der Waals surface area (Å²) in [5.74, 6) is 0. The summed E-state index contributed by atoms with van der Waals surface area (Å²) in [6.45, 7) is 0. The van der Waals surface area contributed by atoms with Gasteiger partial charge in [0.25, 0.3) is 0 Å². The summed E-state index contributed by atoms with van der Waals surface area (Å²) in [4.78, 5) is 2.39. The molecule has 3 nitrogen and oxygen atoms in total. The second kappa shape index (κ2) is 11.0. The van der Waals surface area contributed by atoms with Crippen molar-refractivity contribution < 1.29 is 8.83 Å². The molecular weight excluding hydrogens is 599 g/mol. The van der Waals surface area contributed by atoms with E-state index in [2.05, 4.69) is 157 Å². The number of hydrogen-bond donors (Lipinski definition) is 0. The van der Waals surface area contributed by atoms with Crippen molar-refractivity contribution in [3.8, 4) is 22.3 Å². The van der Waals surface area contributed by atoms with E-state index in [0.717, 1.165) is 83.2 Å². The van der Waals surface area contributed by atoms with Crippen LogP contribution in [0.5, 0.6) is 0 Å². The molecule has 0 N–H and O–H groups in total. The molecule has 0 aliphatic heterocycles. The number of hydrogen-bond acceptors (Lipinski definition) is 3. The summed E-state index contributed by atoms with van der Waals surface area (Å²) in [6, 6.07) is 62.1. The topological polar surface area (TPSA) is 29.5 Å². The minimum Gasteiger partial charge on any atom is -0.456 e. The standard InChI is InChI=1S/C46H29NO2/c1-2-13-34-30(11-1)12-9-20-42(34)47(33-26-23-31(24-27-33)36-17-10-18-39-37-15-4-8-22-44(37)49-46(36)39)41-19-6-3-14-35(41)32-25-28-45-40(29-32)38-16-5-7-21-43(38)48-45/h1-29H. The van der Waals surface area contributed by atoms with Gasteiger partial charge in [-0.05, 0) is 65.0 Å². The van der Waals surface area contributed by atoms with E-state index in [9.17, 15) is 0 Å². The van der Waals surface area contributed by atoms with Crippen molar-refractivity contribution in [3.05, 3.63) is 176 Å². The van der Waals surface area contributed by atoms with E-state index in [1.165, 1.54) is 10.8 Å². The van der Waals surface area contributed by atoms with Gasteiger partial charge in [0.1, 0.15) is 22.3 Å². The second-order valence-electron chi connectivity index (χ2n) is 12.5. The predicted octanol–water partition coefficient (Wildman–Crippen LogP) is 13.4. The Labute approximate surface area is 282 Å². The zero-order valence-corrected chi connectivity index (χ0v) is 26.5. The van der Waals surface area contributed by atoms with E-state index in [1.807, 2.05) is 24.3 Å². The molecule has 0 fully saturated rings. The molecule has 10 rings (SSSR count). The first kappa shape index (κ1) is 27.5. The number of nitrogens with zero attached hydrogens (tertiary/aromatic N) is 1. The smallest absolute Gasteiger partial charge is 0.143 e. The number of anilines is 3. The lowest BCUT2D eigenvalue weighted by Gasteiger charge is -2.29. The fourth-order valence-electron chi connectivity index (χ4n) is 7.38. The van der Waals surface area contributed by atoms with Crippen LogP contribution in [0.25, 0.3) is 76.9 Å². The molecule has 230 valence electrons. The van der Waals surface area contributed by atoms with Gasteiger partial charge in [-0.3, -0.25) is 0 Å². The third kappa shape index (κ3) is 4.44. The van der Waals surface area contributed by atoms with Gasteiger partial charge >= 0.3 is 0 Å². The molecule has 8 aromatic carbocycles. The lowest BCUT2D eigenvalue weighted by Crippen LogP contribution is -2.11. The molecule has 0 saturated carbocycles. The average molecular weight is 628 g/mol. The minimum atomic E-state index is 0.892. The van der Waals surface area contributed by atoms with Crippen molar-refractivity contribution >= 4 is 71.7 Å². The number of benzene rings is 8. The van der Waals surface area contributed by atoms with Gasteiger partial charge < -0.3 is 13.7 Å². The molecule has 0 spiro atoms. The maximum atomic E-state index is 6.40. The van der Waals surface area contributed by atoms with E-state index in [-0.39, 0.29) is 0 Å². The summed E-state index contributed by atoms with van der Waals surface area (Å²) in [5.41, 5.74) is 11.4. The Balaban J connectivity index is 1.16. The molecule has 0 saturated heterocycles. The monoisotopic (exact) mass is 627 g/mol. The number of para-hydroxylation sites is 4. The zero-order chi connectivity index (χ0) is 32.3. The van der Waals surface area contributed by atoms with E-state index >= 15 is 0 Å². The van der Waals surface area contributed by atoms with Crippen molar-refractivity contribution in [3.63, 3.8) is 0 Å². The van der Waals surface area contributed by atoms with Gasteiger partial charge in [0.15, 0.2) is 0 Å². The van der Waals surface area contributed by atoms with Crippen LogP contribution in [0.15, 0.2) is 185 Å². The van der Waals surface area contributed by atoms with Crippen LogP contribution in [-0.2, 0) is 0 Å². The van der Waals surface area contributed by atoms with Gasteiger partial charge in [-0.15, -0.1) is 0 Å². The highest BCUT2D eigenvalue weighted by Gasteiger charge is 2.20. The van der Waals surface area contributed by atoms with E-state index in [1.54, 1.807) is 0 Å². The third-order valence-corrected chi connectivity index (χ3v) is 9.68. The average Bonchev–Trinajstić information content (AvgIpc) is 3.74. The Morgan fingerprint density at radius 3 is 1.78 bits per heavy atom. The summed E-state index contributed by atoms with van der Waals surface area (Å²) in [6.07, 6.45) is 0. The van der Waals surface area contributed by atoms with Gasteiger partial charge in [-0.2, -0.15) is 0 Å². The minimum absolute atomic E-state index is 0.892. The van der Waals surface area contributed by atoms with Gasteiger partial charge in [-0.25, -0.2) is 0 Å². The summed E-state index contributed by atoms with van der Waals surface area (Å²) < 4.78 is 12.6. The number of rotatable bonds is 5. The van der Waals surface area contributed by atoms with Crippen LogP contribution in [0.4, 0.5) is 17.1 Å². The van der Waals surface area contributed by atoms with E-state index < -0.39 is 0 Å². The molecule has 49 heavy (non-hydrogen) atoms. The third-order valence-electron chi connectivity index (χ3n) is 9.68. The molecule has 0 atom stereocenters. The molecule has 2 aromatic heterocycles. The lowest BCUT2D eigenvalue weighted by molar-refractivity contribution is 0.669. The van der Waals surface area contributed by atoms with E-state index in [0.29, 0.717) is 0 Å². The van der Waals surface area contributed by atoms with Crippen LogP contribution in [0.2, 0.25) is 0 Å². The SMILES string of the molecule is c1ccc(N(c2ccc(-c3cccc4c3oc3ccccc34)cc2)c2cccc3ccccc23)c(-c2ccc3oc4ccccc4c3c2)c1. The van der Waals surface area contributed by atoms with Crippen molar-refractivity contribution in [2.45, 2.75) is 0 Å². The van der Waals surface area contributed by atoms with Gasteiger partial charge in [0.05, 0.1) is 11.4 Å². The van der Waals surface area contributed by atoms with Gasteiger partial charge in [-0.1, -0.05) is 127 Å². The first-order chi connectivity index (χ1) is 24.3. The van der Waals surface area contributed by atoms with Crippen molar-refractivity contribution in [2.24, 2.45) is 0 Å². The Hall–Kier alpha value is -6.58.